The van der Waals surface area contributed by atoms with Gasteiger partial charge in [-0.1, -0.05) is 23.7 Å². The fourth-order valence-corrected chi connectivity index (χ4v) is 2.47. The number of hydrogen-bond donors (Lipinski definition) is 1. The largest absolute Gasteiger partial charge is 0.383 e. The first-order chi connectivity index (χ1) is 11.1. The summed E-state index contributed by atoms with van der Waals surface area (Å²) in [5, 5.41) is 19.3. The van der Waals surface area contributed by atoms with E-state index in [0.29, 0.717) is 10.6 Å². The van der Waals surface area contributed by atoms with E-state index in [1.807, 2.05) is 0 Å². The molecule has 9 heteroatoms. The van der Waals surface area contributed by atoms with Crippen molar-refractivity contribution >= 4 is 11.6 Å². The molecule has 3 aromatic rings. The van der Waals surface area contributed by atoms with Gasteiger partial charge in [0, 0.05) is 5.02 Å². The Morgan fingerprint density at radius 3 is 2.00 bits per heavy atom. The van der Waals surface area contributed by atoms with Crippen LogP contribution in [0, 0.1) is 0 Å². The third-order valence-corrected chi connectivity index (χ3v) is 3.69. The van der Waals surface area contributed by atoms with Gasteiger partial charge in [0.05, 0.1) is 13.1 Å². The predicted octanol–water partition coefficient (Wildman–Crippen LogP) is 1.67. The van der Waals surface area contributed by atoms with E-state index in [1.165, 1.54) is 34.7 Å². The van der Waals surface area contributed by atoms with Crippen molar-refractivity contribution in [2.24, 2.45) is 0 Å². The van der Waals surface area contributed by atoms with Crippen LogP contribution < -0.4 is 0 Å². The van der Waals surface area contributed by atoms with Crippen molar-refractivity contribution in [3.63, 3.8) is 0 Å². The maximum absolute atomic E-state index is 15.1. The van der Waals surface area contributed by atoms with Gasteiger partial charge in [0.1, 0.15) is 30.9 Å². The first-order valence-corrected chi connectivity index (χ1v) is 7.21. The maximum atomic E-state index is 15.1. The fraction of sp³-hybridized carbons (Fsp3) is 0.286. The molecule has 2 heterocycles. The number of aliphatic hydroxyl groups is 1. The van der Waals surface area contributed by atoms with Crippen LogP contribution in [0.2, 0.25) is 5.02 Å². The van der Waals surface area contributed by atoms with E-state index in [1.54, 1.807) is 24.3 Å². The number of halogens is 2. The molecule has 0 spiro atoms. The van der Waals surface area contributed by atoms with E-state index < -0.39 is 11.8 Å². The second-order valence-corrected chi connectivity index (χ2v) is 5.64. The molecular weight excluding hydrogens is 323 g/mol. The third-order valence-electron chi connectivity index (χ3n) is 3.44. The molecule has 23 heavy (non-hydrogen) atoms. The molecule has 0 aliphatic rings. The van der Waals surface area contributed by atoms with E-state index in [2.05, 4.69) is 20.2 Å². The van der Waals surface area contributed by atoms with Crippen molar-refractivity contribution in [2.45, 2.75) is 24.9 Å². The lowest BCUT2D eigenvalue weighted by molar-refractivity contribution is -0.0682. The van der Waals surface area contributed by atoms with Gasteiger partial charge in [0.25, 0.3) is 0 Å². The molecule has 0 aliphatic heterocycles. The quantitative estimate of drug-likeness (QED) is 0.740. The lowest BCUT2D eigenvalue weighted by Crippen LogP contribution is -2.43. The summed E-state index contributed by atoms with van der Waals surface area (Å²) in [5.74, 6) is 0. The van der Waals surface area contributed by atoms with Crippen LogP contribution in [0.5, 0.6) is 0 Å². The van der Waals surface area contributed by atoms with Crippen LogP contribution in [-0.4, -0.2) is 40.2 Å². The van der Waals surface area contributed by atoms with Gasteiger partial charge in [-0.3, -0.25) is 0 Å². The van der Waals surface area contributed by atoms with Crippen molar-refractivity contribution in [3.8, 4) is 0 Å². The van der Waals surface area contributed by atoms with E-state index >= 15 is 4.39 Å². The number of rotatable bonds is 6. The van der Waals surface area contributed by atoms with Crippen LogP contribution in [0.15, 0.2) is 49.6 Å². The van der Waals surface area contributed by atoms with Crippen LogP contribution in [0.25, 0.3) is 0 Å². The zero-order valence-electron chi connectivity index (χ0n) is 12.0. The van der Waals surface area contributed by atoms with E-state index in [-0.39, 0.29) is 13.1 Å². The minimum atomic E-state index is -1.78. The number of nitrogens with zero attached hydrogens (tertiary/aromatic N) is 6. The van der Waals surface area contributed by atoms with Crippen molar-refractivity contribution in [1.82, 2.24) is 29.5 Å². The highest BCUT2D eigenvalue weighted by Gasteiger charge is 2.40. The van der Waals surface area contributed by atoms with Gasteiger partial charge in [-0.05, 0) is 17.7 Å². The molecule has 3 rings (SSSR count). The van der Waals surface area contributed by atoms with Gasteiger partial charge in [-0.2, -0.15) is 10.2 Å². The van der Waals surface area contributed by atoms with E-state index in [0.717, 1.165) is 0 Å². The SMILES string of the molecule is OC(Cn1cncn1)(Cn1cncn1)C(F)c1ccc(Cl)cc1. The number of alkyl halides is 1. The first-order valence-electron chi connectivity index (χ1n) is 6.83. The van der Waals surface area contributed by atoms with Gasteiger partial charge in [-0.15, -0.1) is 0 Å². The first kappa shape index (κ1) is 15.6. The summed E-state index contributed by atoms with van der Waals surface area (Å²) in [4.78, 5) is 7.63. The molecule has 7 nitrogen and oxygen atoms in total. The molecule has 0 saturated heterocycles. The molecule has 1 unspecified atom stereocenters. The standard InChI is InChI=1S/C14H14ClFN6O/c15-12-3-1-11(2-4-12)13(16)14(23,5-21-9-17-7-19-21)6-22-10-18-8-20-22/h1-4,7-10,13,23H,5-6H2. The highest BCUT2D eigenvalue weighted by Crippen LogP contribution is 2.33. The lowest BCUT2D eigenvalue weighted by atomic mass is 9.92. The Morgan fingerprint density at radius 2 is 1.57 bits per heavy atom. The molecule has 0 amide bonds. The number of benzene rings is 1. The summed E-state index contributed by atoms with van der Waals surface area (Å²) in [6, 6.07) is 6.24. The Kier molecular flexibility index (Phi) is 4.35. The second kappa shape index (κ2) is 6.43. The number of hydrogen-bond acceptors (Lipinski definition) is 5. The van der Waals surface area contributed by atoms with Gasteiger partial charge in [-0.25, -0.2) is 23.7 Å². The smallest absolute Gasteiger partial charge is 0.157 e. The predicted molar refractivity (Wildman–Crippen MR) is 80.3 cm³/mol. The van der Waals surface area contributed by atoms with Crippen LogP contribution >= 0.6 is 11.6 Å². The van der Waals surface area contributed by atoms with Gasteiger partial charge in [0.2, 0.25) is 0 Å². The summed E-state index contributed by atoms with van der Waals surface area (Å²) < 4.78 is 17.8. The van der Waals surface area contributed by atoms with Gasteiger partial charge in [0.15, 0.2) is 6.17 Å². The lowest BCUT2D eigenvalue weighted by Gasteiger charge is -2.31. The molecule has 120 valence electrons. The Labute approximate surface area is 136 Å². The van der Waals surface area contributed by atoms with Gasteiger partial charge >= 0.3 is 0 Å². The normalized spacial score (nSPS) is 13.2. The average Bonchev–Trinajstić information content (AvgIpc) is 3.21. The maximum Gasteiger partial charge on any atom is 0.157 e. The fourth-order valence-electron chi connectivity index (χ4n) is 2.34. The zero-order valence-corrected chi connectivity index (χ0v) is 12.8. The molecule has 0 bridgehead atoms. The van der Waals surface area contributed by atoms with Crippen LogP contribution in [-0.2, 0) is 13.1 Å². The molecular formula is C14H14ClFN6O. The molecule has 0 saturated carbocycles. The highest BCUT2D eigenvalue weighted by molar-refractivity contribution is 6.30. The third kappa shape index (κ3) is 3.54. The summed E-state index contributed by atoms with van der Waals surface area (Å²) >= 11 is 5.83. The molecule has 2 aromatic heterocycles. The van der Waals surface area contributed by atoms with Crippen molar-refractivity contribution in [2.75, 3.05) is 0 Å². The van der Waals surface area contributed by atoms with Crippen LogP contribution in [0.3, 0.4) is 0 Å². The summed E-state index contributed by atoms with van der Waals surface area (Å²) in [6.45, 7) is -0.173. The van der Waals surface area contributed by atoms with E-state index in [9.17, 15) is 5.11 Å². The molecule has 0 fully saturated rings. The topological polar surface area (TPSA) is 81.6 Å². The minimum absolute atomic E-state index is 0.0867. The van der Waals surface area contributed by atoms with E-state index in [4.69, 9.17) is 11.6 Å². The Balaban J connectivity index is 1.91. The minimum Gasteiger partial charge on any atom is -0.383 e. The average molecular weight is 337 g/mol. The zero-order chi connectivity index (χ0) is 16.3. The molecule has 1 aromatic carbocycles. The summed E-state index contributed by atoms with van der Waals surface area (Å²) in [5.41, 5.74) is -1.47. The highest BCUT2D eigenvalue weighted by atomic mass is 35.5. The van der Waals surface area contributed by atoms with Crippen LogP contribution in [0.4, 0.5) is 4.39 Å². The monoisotopic (exact) mass is 336 g/mol. The van der Waals surface area contributed by atoms with Gasteiger partial charge < -0.3 is 5.11 Å². The number of aromatic nitrogens is 6. The molecule has 1 atom stereocenters. The Hall–Kier alpha value is -2.32. The Bertz CT molecular complexity index is 695. The second-order valence-electron chi connectivity index (χ2n) is 5.20. The molecule has 0 radical (unpaired) electrons. The van der Waals surface area contributed by atoms with Crippen molar-refractivity contribution in [3.05, 3.63) is 60.2 Å². The Morgan fingerprint density at radius 1 is 1.04 bits per heavy atom. The summed E-state index contributed by atoms with van der Waals surface area (Å²) in [7, 11) is 0. The summed E-state index contributed by atoms with van der Waals surface area (Å²) in [6.07, 6.45) is 3.81. The van der Waals surface area contributed by atoms with Crippen molar-refractivity contribution in [1.29, 1.82) is 0 Å². The van der Waals surface area contributed by atoms with Crippen LogP contribution in [0.1, 0.15) is 11.7 Å². The van der Waals surface area contributed by atoms with Crippen molar-refractivity contribution < 1.29 is 9.50 Å². The molecule has 1 N–H and O–H groups in total. The molecule has 0 aliphatic carbocycles.